The first-order valence-corrected chi connectivity index (χ1v) is 6.09. The minimum absolute atomic E-state index is 0.0481. The number of hydrogen-bond acceptors (Lipinski definition) is 7. The highest BCUT2D eigenvalue weighted by atomic mass is 16.5. The zero-order chi connectivity index (χ0) is 15.1. The molecule has 0 aliphatic heterocycles. The molecule has 20 heavy (non-hydrogen) atoms. The van der Waals surface area contributed by atoms with E-state index in [2.05, 4.69) is 15.5 Å². The van der Waals surface area contributed by atoms with Crippen molar-refractivity contribution in [1.29, 1.82) is 0 Å². The number of H-pyrrole nitrogens is 1. The van der Waals surface area contributed by atoms with Crippen LogP contribution in [0.4, 0.5) is 11.6 Å². The minimum Gasteiger partial charge on any atom is -0.462 e. The van der Waals surface area contributed by atoms with Gasteiger partial charge in [0, 0.05) is 13.2 Å². The van der Waals surface area contributed by atoms with Crippen LogP contribution in [0.15, 0.2) is 12.3 Å². The summed E-state index contributed by atoms with van der Waals surface area (Å²) >= 11 is 0. The van der Waals surface area contributed by atoms with E-state index in [-0.39, 0.29) is 23.8 Å². The standard InChI is InChI=1S/C12H19N5O3/c1-4-20-12(19)9-10(13)15-16-11(9)14-7-17(3)6-5-8(2)18/h5-6H,4,7H2,1-3H3,(H4,13,14,15,16)/b6-5+. The summed E-state index contributed by atoms with van der Waals surface area (Å²) in [4.78, 5) is 24.3. The number of ether oxygens (including phenoxy) is 1. The number of nitrogens with two attached hydrogens (primary N) is 1. The van der Waals surface area contributed by atoms with Crippen LogP contribution in [0.25, 0.3) is 0 Å². The van der Waals surface area contributed by atoms with Crippen molar-refractivity contribution in [3.05, 3.63) is 17.8 Å². The van der Waals surface area contributed by atoms with Crippen LogP contribution in [0.2, 0.25) is 0 Å². The van der Waals surface area contributed by atoms with E-state index < -0.39 is 5.97 Å². The topological polar surface area (TPSA) is 113 Å². The predicted molar refractivity (Wildman–Crippen MR) is 75.0 cm³/mol. The SMILES string of the molecule is CCOC(=O)c1c(NCN(C)/C=C/C(C)=O)n[nH]c1N. The van der Waals surface area contributed by atoms with Crippen LogP contribution in [-0.4, -0.2) is 47.2 Å². The molecule has 1 heterocycles. The summed E-state index contributed by atoms with van der Waals surface area (Å²) in [6.45, 7) is 3.78. The molecule has 1 rings (SSSR count). The lowest BCUT2D eigenvalue weighted by Gasteiger charge is -2.14. The van der Waals surface area contributed by atoms with Gasteiger partial charge in [-0.2, -0.15) is 5.10 Å². The Morgan fingerprint density at radius 3 is 2.85 bits per heavy atom. The summed E-state index contributed by atoms with van der Waals surface area (Å²) in [6.07, 6.45) is 3.06. The fourth-order valence-corrected chi connectivity index (χ4v) is 1.38. The van der Waals surface area contributed by atoms with E-state index in [1.807, 2.05) is 0 Å². The average Bonchev–Trinajstić information content (AvgIpc) is 2.75. The Hall–Kier alpha value is -2.51. The van der Waals surface area contributed by atoms with Gasteiger partial charge < -0.3 is 20.7 Å². The maximum Gasteiger partial charge on any atom is 0.345 e. The number of aromatic amines is 1. The summed E-state index contributed by atoms with van der Waals surface area (Å²) < 4.78 is 4.90. The van der Waals surface area contributed by atoms with Gasteiger partial charge in [-0.3, -0.25) is 9.89 Å². The molecule has 8 nitrogen and oxygen atoms in total. The molecule has 8 heteroatoms. The van der Waals surface area contributed by atoms with Crippen LogP contribution >= 0.6 is 0 Å². The third-order valence-corrected chi connectivity index (χ3v) is 2.33. The molecule has 0 aliphatic carbocycles. The molecule has 1 aromatic rings. The van der Waals surface area contributed by atoms with Crippen molar-refractivity contribution >= 4 is 23.4 Å². The molecule has 0 radical (unpaired) electrons. The van der Waals surface area contributed by atoms with Crippen molar-refractivity contribution in [3.63, 3.8) is 0 Å². The van der Waals surface area contributed by atoms with E-state index in [1.165, 1.54) is 13.0 Å². The first-order chi connectivity index (χ1) is 9.45. The van der Waals surface area contributed by atoms with Crippen molar-refractivity contribution in [2.75, 3.05) is 31.4 Å². The second-order valence-corrected chi connectivity index (χ2v) is 4.10. The summed E-state index contributed by atoms with van der Waals surface area (Å²) in [6, 6.07) is 0. The summed E-state index contributed by atoms with van der Waals surface area (Å²) in [5.41, 5.74) is 5.82. The zero-order valence-electron chi connectivity index (χ0n) is 11.8. The van der Waals surface area contributed by atoms with E-state index in [1.54, 1.807) is 25.1 Å². The summed E-state index contributed by atoms with van der Waals surface area (Å²) in [5, 5.41) is 9.37. The number of carbonyl (C=O) groups is 2. The molecule has 0 saturated carbocycles. The van der Waals surface area contributed by atoms with Gasteiger partial charge in [0.2, 0.25) is 0 Å². The van der Waals surface area contributed by atoms with Crippen LogP contribution in [0.1, 0.15) is 24.2 Å². The van der Waals surface area contributed by atoms with Crippen molar-refractivity contribution in [3.8, 4) is 0 Å². The Kier molecular flexibility index (Phi) is 5.57. The molecule has 4 N–H and O–H groups in total. The molecule has 0 aliphatic rings. The summed E-state index contributed by atoms with van der Waals surface area (Å²) in [7, 11) is 1.77. The van der Waals surface area contributed by atoms with Gasteiger partial charge >= 0.3 is 5.97 Å². The predicted octanol–water partition coefficient (Wildman–Crippen LogP) is 0.573. The first-order valence-electron chi connectivity index (χ1n) is 6.09. The maximum absolute atomic E-state index is 11.7. The molecular formula is C12H19N5O3. The number of aromatic nitrogens is 2. The van der Waals surface area contributed by atoms with Crippen molar-refractivity contribution in [2.45, 2.75) is 13.8 Å². The van der Waals surface area contributed by atoms with Gasteiger partial charge in [-0.15, -0.1) is 0 Å². The first kappa shape index (κ1) is 15.5. The number of nitrogen functional groups attached to an aromatic ring is 1. The second-order valence-electron chi connectivity index (χ2n) is 4.10. The monoisotopic (exact) mass is 281 g/mol. The Bertz CT molecular complexity index is 509. The number of allylic oxidation sites excluding steroid dienone is 1. The van der Waals surface area contributed by atoms with Crippen molar-refractivity contribution in [1.82, 2.24) is 15.1 Å². The lowest BCUT2D eigenvalue weighted by atomic mass is 10.3. The van der Waals surface area contributed by atoms with E-state index in [9.17, 15) is 9.59 Å². The maximum atomic E-state index is 11.7. The number of anilines is 2. The molecule has 0 atom stereocenters. The zero-order valence-corrected chi connectivity index (χ0v) is 11.8. The van der Waals surface area contributed by atoms with Crippen molar-refractivity contribution in [2.24, 2.45) is 0 Å². The Morgan fingerprint density at radius 1 is 1.55 bits per heavy atom. The number of hydrogen-bond donors (Lipinski definition) is 3. The van der Waals surface area contributed by atoms with Crippen LogP contribution in [0.3, 0.4) is 0 Å². The van der Waals surface area contributed by atoms with Gasteiger partial charge in [0.05, 0.1) is 13.3 Å². The molecule has 110 valence electrons. The summed E-state index contributed by atoms with van der Waals surface area (Å²) in [5.74, 6) is -0.131. The molecular weight excluding hydrogens is 262 g/mol. The molecule has 0 saturated heterocycles. The fraction of sp³-hybridized carbons (Fsp3) is 0.417. The minimum atomic E-state index is -0.539. The number of nitrogens with zero attached hydrogens (tertiary/aromatic N) is 2. The average molecular weight is 281 g/mol. The van der Waals surface area contributed by atoms with E-state index >= 15 is 0 Å². The lowest BCUT2D eigenvalue weighted by molar-refractivity contribution is -0.112. The largest absolute Gasteiger partial charge is 0.462 e. The lowest BCUT2D eigenvalue weighted by Crippen LogP contribution is -2.21. The Balaban J connectivity index is 2.69. The van der Waals surface area contributed by atoms with Gasteiger partial charge in [0.15, 0.2) is 11.6 Å². The number of rotatable bonds is 7. The Morgan fingerprint density at radius 2 is 2.25 bits per heavy atom. The van der Waals surface area contributed by atoms with Crippen molar-refractivity contribution < 1.29 is 14.3 Å². The number of ketones is 1. The van der Waals surface area contributed by atoms with E-state index in [0.29, 0.717) is 12.5 Å². The molecule has 1 aromatic heterocycles. The van der Waals surface area contributed by atoms with Gasteiger partial charge in [-0.25, -0.2) is 4.79 Å². The number of esters is 1. The van der Waals surface area contributed by atoms with Crippen LogP contribution < -0.4 is 11.1 Å². The Labute approximate surface area is 117 Å². The highest BCUT2D eigenvalue weighted by molar-refractivity contribution is 5.99. The van der Waals surface area contributed by atoms with Gasteiger partial charge in [-0.1, -0.05) is 0 Å². The van der Waals surface area contributed by atoms with E-state index in [0.717, 1.165) is 0 Å². The third-order valence-electron chi connectivity index (χ3n) is 2.33. The smallest absolute Gasteiger partial charge is 0.345 e. The van der Waals surface area contributed by atoms with Gasteiger partial charge in [0.1, 0.15) is 11.4 Å². The quantitative estimate of drug-likeness (QED) is 0.380. The second kappa shape index (κ2) is 7.17. The van der Waals surface area contributed by atoms with Crippen LogP contribution in [0, 0.1) is 0 Å². The third kappa shape index (κ3) is 4.30. The molecule has 0 fully saturated rings. The molecule has 0 spiro atoms. The molecule has 0 amide bonds. The molecule has 0 bridgehead atoms. The number of nitrogens with one attached hydrogen (secondary N) is 2. The highest BCUT2D eigenvalue weighted by Crippen LogP contribution is 2.19. The van der Waals surface area contributed by atoms with Gasteiger partial charge in [0.25, 0.3) is 0 Å². The normalized spacial score (nSPS) is 10.6. The van der Waals surface area contributed by atoms with Crippen LogP contribution in [-0.2, 0) is 9.53 Å². The fourth-order valence-electron chi connectivity index (χ4n) is 1.38. The van der Waals surface area contributed by atoms with Gasteiger partial charge in [-0.05, 0) is 19.9 Å². The molecule has 0 aromatic carbocycles. The van der Waals surface area contributed by atoms with Crippen LogP contribution in [0.5, 0.6) is 0 Å². The molecule has 0 unspecified atom stereocenters. The number of carbonyl (C=O) groups excluding carboxylic acids is 2. The van der Waals surface area contributed by atoms with E-state index in [4.69, 9.17) is 10.5 Å². The highest BCUT2D eigenvalue weighted by Gasteiger charge is 2.19.